The van der Waals surface area contributed by atoms with Crippen molar-refractivity contribution in [3.8, 4) is 0 Å². The van der Waals surface area contributed by atoms with Crippen molar-refractivity contribution in [3.05, 3.63) is 11.6 Å². The average Bonchev–Trinajstić information content (AvgIpc) is 2.13. The van der Waals surface area contributed by atoms with Crippen LogP contribution in [0.3, 0.4) is 0 Å². The zero-order valence-electron chi connectivity index (χ0n) is 7.22. The van der Waals surface area contributed by atoms with Crippen molar-refractivity contribution < 1.29 is 0 Å². The number of hydrogen-bond donors (Lipinski definition) is 0. The maximum Gasteiger partial charge on any atom is 0.00419 e. The molecule has 1 aliphatic rings. The first-order valence-electron chi connectivity index (χ1n) is 4.02. The van der Waals surface area contributed by atoms with Gasteiger partial charge in [0.1, 0.15) is 0 Å². The summed E-state index contributed by atoms with van der Waals surface area (Å²) in [6, 6.07) is 0. The molecule has 1 nitrogen and oxygen atoms in total. The molecule has 0 bridgehead atoms. The lowest BCUT2D eigenvalue weighted by atomic mass is 10.1. The molecule has 0 radical (unpaired) electrons. The normalized spacial score (nSPS) is 26.9. The summed E-state index contributed by atoms with van der Waals surface area (Å²) in [5, 5.41) is 0. The summed E-state index contributed by atoms with van der Waals surface area (Å²) < 4.78 is 0. The summed E-state index contributed by atoms with van der Waals surface area (Å²) in [4.78, 5) is 2.39. The Morgan fingerprint density at radius 3 is 2.60 bits per heavy atom. The monoisotopic (exact) mass is 139 g/mol. The highest BCUT2D eigenvalue weighted by atomic mass is 15.1. The quantitative estimate of drug-likeness (QED) is 0.501. The molecular weight excluding hydrogens is 122 g/mol. The van der Waals surface area contributed by atoms with Gasteiger partial charge in [0.15, 0.2) is 0 Å². The van der Waals surface area contributed by atoms with Crippen LogP contribution in [0.4, 0.5) is 0 Å². The van der Waals surface area contributed by atoms with Gasteiger partial charge in [-0.25, -0.2) is 0 Å². The van der Waals surface area contributed by atoms with Gasteiger partial charge in [0.2, 0.25) is 0 Å². The van der Waals surface area contributed by atoms with E-state index in [0.29, 0.717) is 0 Å². The summed E-state index contributed by atoms with van der Waals surface area (Å²) in [7, 11) is 2.19. The highest BCUT2D eigenvalue weighted by Crippen LogP contribution is 2.16. The molecule has 0 aromatic heterocycles. The van der Waals surface area contributed by atoms with E-state index in [1.807, 2.05) is 0 Å². The molecule has 0 aromatic rings. The zero-order chi connectivity index (χ0) is 7.56. The Hall–Kier alpha value is -0.300. The van der Waals surface area contributed by atoms with Gasteiger partial charge in [-0.1, -0.05) is 11.6 Å². The fourth-order valence-electron chi connectivity index (χ4n) is 1.58. The number of nitrogens with zero attached hydrogens (tertiary/aromatic N) is 1. The highest BCUT2D eigenvalue weighted by molar-refractivity contribution is 4.99. The van der Waals surface area contributed by atoms with Crippen molar-refractivity contribution in [3.63, 3.8) is 0 Å². The lowest BCUT2D eigenvalue weighted by Gasteiger charge is -2.05. The molecular formula is C9H17N. The van der Waals surface area contributed by atoms with Gasteiger partial charge in [-0.05, 0) is 39.8 Å². The van der Waals surface area contributed by atoms with E-state index in [4.69, 9.17) is 0 Å². The minimum Gasteiger partial charge on any atom is -0.306 e. The molecule has 0 amide bonds. The molecule has 1 fully saturated rings. The van der Waals surface area contributed by atoms with E-state index >= 15 is 0 Å². The largest absolute Gasteiger partial charge is 0.306 e. The molecule has 1 atom stereocenters. The maximum atomic E-state index is 2.39. The third-order valence-electron chi connectivity index (χ3n) is 2.00. The van der Waals surface area contributed by atoms with E-state index in [9.17, 15) is 0 Å². The first kappa shape index (κ1) is 7.80. The van der Waals surface area contributed by atoms with Crippen LogP contribution in [-0.4, -0.2) is 25.0 Å². The van der Waals surface area contributed by atoms with Crippen LogP contribution in [0.1, 0.15) is 20.3 Å². The SMILES string of the molecule is CC(C)=CC1CCN(C)C1. The molecule has 1 rings (SSSR count). The van der Waals surface area contributed by atoms with Crippen LogP contribution in [-0.2, 0) is 0 Å². The first-order valence-corrected chi connectivity index (χ1v) is 4.02. The lowest BCUT2D eigenvalue weighted by Crippen LogP contribution is -2.13. The molecule has 1 aliphatic heterocycles. The molecule has 1 saturated heterocycles. The Bertz CT molecular complexity index is 134. The molecule has 10 heavy (non-hydrogen) atoms. The third kappa shape index (κ3) is 2.14. The molecule has 0 aromatic carbocycles. The molecule has 1 heteroatoms. The van der Waals surface area contributed by atoms with Crippen LogP contribution < -0.4 is 0 Å². The molecule has 1 heterocycles. The van der Waals surface area contributed by atoms with Gasteiger partial charge in [0.25, 0.3) is 0 Å². The number of hydrogen-bond acceptors (Lipinski definition) is 1. The lowest BCUT2D eigenvalue weighted by molar-refractivity contribution is 0.408. The summed E-state index contributed by atoms with van der Waals surface area (Å²) in [6.07, 6.45) is 3.74. The van der Waals surface area contributed by atoms with Crippen molar-refractivity contribution in [2.24, 2.45) is 5.92 Å². The van der Waals surface area contributed by atoms with Gasteiger partial charge in [0.05, 0.1) is 0 Å². The second-order valence-electron chi connectivity index (χ2n) is 3.56. The second-order valence-corrected chi connectivity index (χ2v) is 3.56. The Balaban J connectivity index is 2.38. The first-order chi connectivity index (χ1) is 4.68. The maximum absolute atomic E-state index is 2.39. The molecule has 0 spiro atoms. The summed E-state index contributed by atoms with van der Waals surface area (Å²) >= 11 is 0. The zero-order valence-corrected chi connectivity index (χ0v) is 7.22. The van der Waals surface area contributed by atoms with Crippen LogP contribution >= 0.6 is 0 Å². The second kappa shape index (κ2) is 3.20. The fraction of sp³-hybridized carbons (Fsp3) is 0.778. The molecule has 0 aliphatic carbocycles. The highest BCUT2D eigenvalue weighted by Gasteiger charge is 2.16. The van der Waals surface area contributed by atoms with Gasteiger partial charge in [-0.2, -0.15) is 0 Å². The van der Waals surface area contributed by atoms with Crippen LogP contribution in [0.2, 0.25) is 0 Å². The van der Waals surface area contributed by atoms with Crippen molar-refractivity contribution in [1.29, 1.82) is 0 Å². The standard InChI is InChI=1S/C9H17N/c1-8(2)6-9-4-5-10(3)7-9/h6,9H,4-5,7H2,1-3H3. The van der Waals surface area contributed by atoms with Crippen molar-refractivity contribution >= 4 is 0 Å². The van der Waals surface area contributed by atoms with Crippen molar-refractivity contribution in [2.45, 2.75) is 20.3 Å². The van der Waals surface area contributed by atoms with E-state index in [1.54, 1.807) is 0 Å². The van der Waals surface area contributed by atoms with Gasteiger partial charge in [-0.3, -0.25) is 0 Å². The molecule has 0 saturated carbocycles. The van der Waals surface area contributed by atoms with Gasteiger partial charge in [-0.15, -0.1) is 0 Å². The molecule has 0 N–H and O–H groups in total. The van der Waals surface area contributed by atoms with Crippen LogP contribution in [0.25, 0.3) is 0 Å². The summed E-state index contributed by atoms with van der Waals surface area (Å²) in [5.74, 6) is 0.829. The van der Waals surface area contributed by atoms with Crippen LogP contribution in [0.15, 0.2) is 11.6 Å². The number of allylic oxidation sites excluding steroid dienone is 1. The third-order valence-corrected chi connectivity index (χ3v) is 2.00. The number of rotatable bonds is 1. The molecule has 58 valence electrons. The minimum atomic E-state index is 0.829. The van der Waals surface area contributed by atoms with E-state index in [0.717, 1.165) is 5.92 Å². The topological polar surface area (TPSA) is 3.24 Å². The van der Waals surface area contributed by atoms with E-state index in [2.05, 4.69) is 31.9 Å². The van der Waals surface area contributed by atoms with E-state index in [1.165, 1.54) is 25.1 Å². The fourth-order valence-corrected chi connectivity index (χ4v) is 1.58. The summed E-state index contributed by atoms with van der Waals surface area (Å²) in [5.41, 5.74) is 1.46. The van der Waals surface area contributed by atoms with E-state index < -0.39 is 0 Å². The molecule has 1 unspecified atom stereocenters. The minimum absolute atomic E-state index is 0.829. The van der Waals surface area contributed by atoms with Gasteiger partial charge < -0.3 is 4.90 Å². The predicted molar refractivity (Wildman–Crippen MR) is 45.0 cm³/mol. The van der Waals surface area contributed by atoms with Crippen molar-refractivity contribution in [1.82, 2.24) is 4.90 Å². The van der Waals surface area contributed by atoms with E-state index in [-0.39, 0.29) is 0 Å². The van der Waals surface area contributed by atoms with Gasteiger partial charge in [0, 0.05) is 6.54 Å². The van der Waals surface area contributed by atoms with Crippen LogP contribution in [0, 0.1) is 5.92 Å². The van der Waals surface area contributed by atoms with Crippen LogP contribution in [0.5, 0.6) is 0 Å². The Morgan fingerprint density at radius 2 is 2.20 bits per heavy atom. The van der Waals surface area contributed by atoms with Crippen molar-refractivity contribution in [2.75, 3.05) is 20.1 Å². The smallest absolute Gasteiger partial charge is 0.00419 e. The Morgan fingerprint density at radius 1 is 1.50 bits per heavy atom. The Kier molecular flexibility index (Phi) is 2.50. The van der Waals surface area contributed by atoms with Gasteiger partial charge >= 0.3 is 0 Å². The predicted octanol–water partition coefficient (Wildman–Crippen LogP) is 1.90. The summed E-state index contributed by atoms with van der Waals surface area (Å²) in [6.45, 7) is 6.89. The number of likely N-dealkylation sites (tertiary alicyclic amines) is 1. The average molecular weight is 139 g/mol. The Labute approximate surface area is 63.7 Å².